The van der Waals surface area contributed by atoms with E-state index in [9.17, 15) is 18.4 Å². The minimum atomic E-state index is -1.48. The molecule has 19 heavy (non-hydrogen) atoms. The first-order valence-corrected chi connectivity index (χ1v) is 5.52. The van der Waals surface area contributed by atoms with Gasteiger partial charge in [-0.1, -0.05) is 13.8 Å². The number of amides is 1. The Labute approximate surface area is 108 Å². The molecule has 7 heteroatoms. The SMILES string of the molecule is CC(C)[C@H](N)C(=O)Nc1cc(F)c(F)cc1C(=O)O. The number of nitrogens with one attached hydrogen (secondary N) is 1. The highest BCUT2D eigenvalue weighted by atomic mass is 19.2. The number of halogens is 2. The molecule has 0 aliphatic carbocycles. The average molecular weight is 272 g/mol. The smallest absolute Gasteiger partial charge is 0.337 e. The molecule has 4 N–H and O–H groups in total. The molecule has 0 heterocycles. The maximum absolute atomic E-state index is 13.1. The number of hydrogen-bond acceptors (Lipinski definition) is 3. The van der Waals surface area contributed by atoms with Gasteiger partial charge in [0.1, 0.15) is 0 Å². The summed E-state index contributed by atoms with van der Waals surface area (Å²) in [5.41, 5.74) is 4.71. The predicted octanol–water partition coefficient (Wildman–Crippen LogP) is 1.58. The van der Waals surface area contributed by atoms with Crippen molar-refractivity contribution in [3.8, 4) is 0 Å². The van der Waals surface area contributed by atoms with Crippen molar-refractivity contribution in [3.05, 3.63) is 29.3 Å². The quantitative estimate of drug-likeness (QED) is 0.776. The third kappa shape index (κ3) is 3.47. The first-order valence-electron chi connectivity index (χ1n) is 5.52. The van der Waals surface area contributed by atoms with Crippen LogP contribution in [0.4, 0.5) is 14.5 Å². The van der Waals surface area contributed by atoms with Crippen LogP contribution < -0.4 is 11.1 Å². The molecule has 0 radical (unpaired) electrons. The third-order valence-corrected chi connectivity index (χ3v) is 2.57. The molecule has 1 amide bonds. The molecule has 1 aromatic rings. The van der Waals surface area contributed by atoms with Crippen LogP contribution in [0.1, 0.15) is 24.2 Å². The van der Waals surface area contributed by atoms with Crippen molar-refractivity contribution in [1.29, 1.82) is 0 Å². The zero-order valence-electron chi connectivity index (χ0n) is 10.4. The fourth-order valence-corrected chi connectivity index (χ4v) is 1.35. The monoisotopic (exact) mass is 272 g/mol. The van der Waals surface area contributed by atoms with Gasteiger partial charge in [0.25, 0.3) is 0 Å². The normalized spacial score (nSPS) is 12.3. The largest absolute Gasteiger partial charge is 0.478 e. The van der Waals surface area contributed by atoms with Crippen LogP contribution in [-0.2, 0) is 4.79 Å². The molecule has 0 spiro atoms. The highest BCUT2D eigenvalue weighted by Crippen LogP contribution is 2.20. The minimum absolute atomic E-state index is 0.182. The molecule has 104 valence electrons. The fourth-order valence-electron chi connectivity index (χ4n) is 1.35. The summed E-state index contributed by atoms with van der Waals surface area (Å²) >= 11 is 0. The molecule has 1 atom stereocenters. The standard InChI is InChI=1S/C12H14F2N2O3/c1-5(2)10(15)11(17)16-9-4-8(14)7(13)3-6(9)12(18)19/h3-5,10H,15H2,1-2H3,(H,16,17)(H,18,19)/t10-/m0/s1. The van der Waals surface area contributed by atoms with Gasteiger partial charge in [-0.05, 0) is 12.0 Å². The van der Waals surface area contributed by atoms with E-state index in [1.54, 1.807) is 13.8 Å². The van der Waals surface area contributed by atoms with Crippen LogP contribution >= 0.6 is 0 Å². The van der Waals surface area contributed by atoms with Gasteiger partial charge < -0.3 is 16.2 Å². The third-order valence-electron chi connectivity index (χ3n) is 2.57. The zero-order valence-corrected chi connectivity index (χ0v) is 10.4. The Bertz CT molecular complexity index is 518. The Hall–Kier alpha value is -2.02. The van der Waals surface area contributed by atoms with E-state index in [1.165, 1.54) is 0 Å². The van der Waals surface area contributed by atoms with E-state index in [0.29, 0.717) is 12.1 Å². The maximum atomic E-state index is 13.1. The number of benzene rings is 1. The second kappa shape index (κ2) is 5.75. The number of carbonyl (C=O) groups excluding carboxylic acids is 1. The lowest BCUT2D eigenvalue weighted by molar-refractivity contribution is -0.118. The molecule has 0 aliphatic rings. The summed E-state index contributed by atoms with van der Waals surface area (Å²) in [6.07, 6.45) is 0. The lowest BCUT2D eigenvalue weighted by atomic mass is 10.0. The summed E-state index contributed by atoms with van der Waals surface area (Å²) in [6, 6.07) is 0.243. The topological polar surface area (TPSA) is 92.4 Å². The summed E-state index contributed by atoms with van der Waals surface area (Å²) < 4.78 is 26.1. The first-order chi connectivity index (χ1) is 8.73. The van der Waals surface area contributed by atoms with Gasteiger partial charge in [-0.25, -0.2) is 13.6 Å². The number of anilines is 1. The molecule has 1 aromatic carbocycles. The van der Waals surface area contributed by atoms with Gasteiger partial charge in [0.2, 0.25) is 5.91 Å². The predicted molar refractivity (Wildman–Crippen MR) is 64.8 cm³/mol. The van der Waals surface area contributed by atoms with Crippen LogP contribution in [0.25, 0.3) is 0 Å². The molecular formula is C12H14F2N2O3. The lowest BCUT2D eigenvalue weighted by Gasteiger charge is -2.16. The lowest BCUT2D eigenvalue weighted by Crippen LogP contribution is -2.40. The summed E-state index contributed by atoms with van der Waals surface area (Å²) in [7, 11) is 0. The van der Waals surface area contributed by atoms with Crippen molar-refractivity contribution in [2.24, 2.45) is 11.7 Å². The number of carboxylic acid groups (broad SMARTS) is 1. The summed E-state index contributed by atoms with van der Waals surface area (Å²) in [5, 5.41) is 11.1. The van der Waals surface area contributed by atoms with Gasteiger partial charge in [0.05, 0.1) is 17.3 Å². The molecule has 1 rings (SSSR count). The van der Waals surface area contributed by atoms with Gasteiger partial charge in [-0.2, -0.15) is 0 Å². The van der Waals surface area contributed by atoms with Gasteiger partial charge in [-0.15, -0.1) is 0 Å². The van der Waals surface area contributed by atoms with Gasteiger partial charge in [0, 0.05) is 6.07 Å². The summed E-state index contributed by atoms with van der Waals surface area (Å²) in [6.45, 7) is 3.40. The summed E-state index contributed by atoms with van der Waals surface area (Å²) in [5.74, 6) is -4.88. The van der Waals surface area contributed by atoms with E-state index in [4.69, 9.17) is 10.8 Å². The Morgan fingerprint density at radius 2 is 1.79 bits per heavy atom. The number of aromatic carboxylic acids is 1. The molecule has 0 bridgehead atoms. The van der Waals surface area contributed by atoms with Crippen LogP contribution in [0.3, 0.4) is 0 Å². The molecule has 0 aromatic heterocycles. The van der Waals surface area contributed by atoms with E-state index in [-0.39, 0.29) is 11.6 Å². The van der Waals surface area contributed by atoms with Gasteiger partial charge >= 0.3 is 5.97 Å². The van der Waals surface area contributed by atoms with Crippen molar-refractivity contribution in [3.63, 3.8) is 0 Å². The Morgan fingerprint density at radius 3 is 2.26 bits per heavy atom. The highest BCUT2D eigenvalue weighted by molar-refractivity contribution is 6.02. The van der Waals surface area contributed by atoms with Crippen LogP contribution in [0.2, 0.25) is 0 Å². The molecular weight excluding hydrogens is 258 g/mol. The molecule has 5 nitrogen and oxygen atoms in total. The molecule has 0 fully saturated rings. The Kier molecular flexibility index (Phi) is 4.55. The zero-order chi connectivity index (χ0) is 14.7. The minimum Gasteiger partial charge on any atom is -0.478 e. The van der Waals surface area contributed by atoms with Gasteiger partial charge in [-0.3, -0.25) is 4.79 Å². The second-order valence-corrected chi connectivity index (χ2v) is 4.38. The van der Waals surface area contributed by atoms with Crippen molar-refractivity contribution in [2.75, 3.05) is 5.32 Å². The van der Waals surface area contributed by atoms with Crippen LogP contribution in [0, 0.1) is 17.6 Å². The number of rotatable bonds is 4. The van der Waals surface area contributed by atoms with Crippen molar-refractivity contribution in [2.45, 2.75) is 19.9 Å². The number of carboxylic acids is 1. The van der Waals surface area contributed by atoms with E-state index in [2.05, 4.69) is 5.32 Å². The second-order valence-electron chi connectivity index (χ2n) is 4.38. The van der Waals surface area contributed by atoms with Crippen LogP contribution in [0.5, 0.6) is 0 Å². The van der Waals surface area contributed by atoms with E-state index >= 15 is 0 Å². The average Bonchev–Trinajstić information content (AvgIpc) is 2.31. The number of nitrogens with two attached hydrogens (primary N) is 1. The molecule has 0 aliphatic heterocycles. The first kappa shape index (κ1) is 15.0. The Balaban J connectivity index is 3.10. The van der Waals surface area contributed by atoms with Gasteiger partial charge in [0.15, 0.2) is 11.6 Å². The molecule has 0 unspecified atom stereocenters. The molecule has 0 saturated carbocycles. The van der Waals surface area contributed by atoms with Crippen LogP contribution in [-0.4, -0.2) is 23.0 Å². The van der Waals surface area contributed by atoms with Crippen molar-refractivity contribution < 1.29 is 23.5 Å². The van der Waals surface area contributed by atoms with E-state index in [0.717, 1.165) is 0 Å². The number of hydrogen-bond donors (Lipinski definition) is 3. The summed E-state index contributed by atoms with van der Waals surface area (Å²) in [4.78, 5) is 22.6. The van der Waals surface area contributed by atoms with Crippen LogP contribution in [0.15, 0.2) is 12.1 Å². The maximum Gasteiger partial charge on any atom is 0.337 e. The number of carbonyl (C=O) groups is 2. The Morgan fingerprint density at radius 1 is 1.26 bits per heavy atom. The fraction of sp³-hybridized carbons (Fsp3) is 0.333. The van der Waals surface area contributed by atoms with Crippen molar-refractivity contribution in [1.82, 2.24) is 0 Å². The molecule has 0 saturated heterocycles. The highest BCUT2D eigenvalue weighted by Gasteiger charge is 2.21. The van der Waals surface area contributed by atoms with E-state index < -0.39 is 35.1 Å². The van der Waals surface area contributed by atoms with E-state index in [1.807, 2.05) is 0 Å². The van der Waals surface area contributed by atoms with Crippen molar-refractivity contribution >= 4 is 17.6 Å².